The zero-order chi connectivity index (χ0) is 18.2. The molecule has 0 spiro atoms. The van der Waals surface area contributed by atoms with Gasteiger partial charge in [0.15, 0.2) is 11.4 Å². The number of benzene rings is 1. The number of rotatable bonds is 8. The Kier molecular flexibility index (Phi) is 6.24. The van der Waals surface area contributed by atoms with Crippen molar-refractivity contribution >= 4 is 11.9 Å². The summed E-state index contributed by atoms with van der Waals surface area (Å²) < 4.78 is 10.4. The second-order valence-corrected chi connectivity index (χ2v) is 4.91. The first-order chi connectivity index (χ1) is 12.0. The van der Waals surface area contributed by atoms with Gasteiger partial charge in [0.2, 0.25) is 0 Å². The molecule has 0 aliphatic rings. The Bertz CT molecular complexity index is 735. The van der Waals surface area contributed by atoms with Gasteiger partial charge >= 0.3 is 5.97 Å². The second-order valence-electron chi connectivity index (χ2n) is 4.91. The van der Waals surface area contributed by atoms with E-state index in [1.165, 1.54) is 12.4 Å². The molecule has 0 saturated heterocycles. The number of nitrogens with zero attached hydrogens (tertiary/aromatic N) is 2. The van der Waals surface area contributed by atoms with E-state index in [2.05, 4.69) is 15.3 Å². The molecule has 2 rings (SSSR count). The number of carboxylic acids is 1. The predicted molar refractivity (Wildman–Crippen MR) is 85.8 cm³/mol. The molecule has 0 aliphatic heterocycles. The molecule has 1 atom stereocenters. The van der Waals surface area contributed by atoms with Gasteiger partial charge in [0.1, 0.15) is 24.2 Å². The van der Waals surface area contributed by atoms with Crippen LogP contribution in [0.5, 0.6) is 11.5 Å². The van der Waals surface area contributed by atoms with Crippen LogP contribution >= 0.6 is 0 Å². The van der Waals surface area contributed by atoms with Gasteiger partial charge in [-0.25, -0.2) is 14.8 Å². The number of carboxylic acid groups (broad SMARTS) is 1. The first-order valence-corrected chi connectivity index (χ1v) is 7.28. The third-order valence-corrected chi connectivity index (χ3v) is 3.12. The summed E-state index contributed by atoms with van der Waals surface area (Å²) in [5, 5.41) is 21.2. The molecule has 0 fully saturated rings. The summed E-state index contributed by atoms with van der Waals surface area (Å²) >= 11 is 0. The van der Waals surface area contributed by atoms with Crippen molar-refractivity contribution in [2.75, 3.05) is 20.3 Å². The maximum Gasteiger partial charge on any atom is 0.356 e. The third kappa shape index (κ3) is 5.15. The van der Waals surface area contributed by atoms with Crippen molar-refractivity contribution in [2.24, 2.45) is 0 Å². The van der Waals surface area contributed by atoms with Crippen molar-refractivity contribution in [3.05, 3.63) is 48.0 Å². The highest BCUT2D eigenvalue weighted by Crippen LogP contribution is 2.17. The molecule has 0 saturated carbocycles. The molecule has 1 aromatic carbocycles. The van der Waals surface area contributed by atoms with Gasteiger partial charge in [-0.15, -0.1) is 0 Å². The highest BCUT2D eigenvalue weighted by molar-refractivity contribution is 6.01. The van der Waals surface area contributed by atoms with Gasteiger partial charge in [0.05, 0.1) is 7.11 Å². The number of aliphatic hydroxyl groups excluding tert-OH is 1. The lowest BCUT2D eigenvalue weighted by Gasteiger charge is -2.13. The lowest BCUT2D eigenvalue weighted by atomic mass is 10.2. The molecule has 0 aliphatic carbocycles. The molecule has 0 bridgehead atoms. The summed E-state index contributed by atoms with van der Waals surface area (Å²) in [5.74, 6) is -0.887. The quantitative estimate of drug-likeness (QED) is 0.623. The molecule has 3 N–H and O–H groups in total. The summed E-state index contributed by atoms with van der Waals surface area (Å²) in [6.45, 7) is -0.191. The number of methoxy groups -OCH3 is 1. The molecule has 2 aromatic rings. The van der Waals surface area contributed by atoms with Crippen LogP contribution in [0.15, 0.2) is 36.7 Å². The van der Waals surface area contributed by atoms with Crippen LogP contribution in [0.3, 0.4) is 0 Å². The van der Waals surface area contributed by atoms with Crippen molar-refractivity contribution in [2.45, 2.75) is 6.10 Å². The van der Waals surface area contributed by atoms with Gasteiger partial charge in [0.25, 0.3) is 5.91 Å². The Morgan fingerprint density at radius 3 is 2.32 bits per heavy atom. The monoisotopic (exact) mass is 347 g/mol. The van der Waals surface area contributed by atoms with Gasteiger partial charge in [-0.3, -0.25) is 4.79 Å². The lowest BCUT2D eigenvalue weighted by Crippen LogP contribution is -2.36. The summed E-state index contributed by atoms with van der Waals surface area (Å²) in [6.07, 6.45) is 1.40. The van der Waals surface area contributed by atoms with E-state index in [9.17, 15) is 14.7 Å². The van der Waals surface area contributed by atoms with Crippen LogP contribution in [0.25, 0.3) is 0 Å². The Balaban J connectivity index is 1.84. The number of nitrogens with one attached hydrogen (secondary N) is 1. The van der Waals surface area contributed by atoms with Crippen molar-refractivity contribution in [1.29, 1.82) is 0 Å². The van der Waals surface area contributed by atoms with Crippen molar-refractivity contribution < 1.29 is 29.3 Å². The fourth-order valence-corrected chi connectivity index (χ4v) is 1.88. The fourth-order valence-electron chi connectivity index (χ4n) is 1.88. The molecule has 0 radical (unpaired) electrons. The number of aromatic carboxylic acids is 1. The largest absolute Gasteiger partial charge is 0.497 e. The maximum absolute atomic E-state index is 12.0. The number of aliphatic hydroxyl groups is 1. The minimum absolute atomic E-state index is 0.0567. The number of aromatic nitrogens is 2. The minimum Gasteiger partial charge on any atom is -0.497 e. The van der Waals surface area contributed by atoms with Gasteiger partial charge in [-0.05, 0) is 24.3 Å². The molecule has 9 heteroatoms. The molecule has 25 heavy (non-hydrogen) atoms. The zero-order valence-corrected chi connectivity index (χ0v) is 13.4. The molecule has 1 aromatic heterocycles. The number of hydrogen-bond acceptors (Lipinski definition) is 7. The lowest BCUT2D eigenvalue weighted by molar-refractivity contribution is 0.0681. The number of amides is 1. The van der Waals surface area contributed by atoms with E-state index in [1.807, 2.05) is 0 Å². The number of carbonyl (C=O) groups excluding carboxylic acids is 1. The normalized spacial score (nSPS) is 11.4. The van der Waals surface area contributed by atoms with E-state index in [4.69, 9.17) is 14.6 Å². The maximum atomic E-state index is 12.0. The molecule has 1 unspecified atom stereocenters. The van der Waals surface area contributed by atoms with Gasteiger partial charge in [-0.1, -0.05) is 0 Å². The van der Waals surface area contributed by atoms with E-state index in [-0.39, 0.29) is 18.8 Å². The average Bonchev–Trinajstić information content (AvgIpc) is 2.64. The van der Waals surface area contributed by atoms with E-state index in [0.717, 1.165) is 0 Å². The van der Waals surface area contributed by atoms with E-state index in [0.29, 0.717) is 11.5 Å². The van der Waals surface area contributed by atoms with Crippen LogP contribution in [0.4, 0.5) is 0 Å². The van der Waals surface area contributed by atoms with Gasteiger partial charge in [-0.2, -0.15) is 0 Å². The molecule has 1 amide bonds. The molecular weight excluding hydrogens is 330 g/mol. The minimum atomic E-state index is -1.36. The summed E-state index contributed by atoms with van der Waals surface area (Å²) in [5.41, 5.74) is -0.776. The summed E-state index contributed by atoms with van der Waals surface area (Å²) in [6, 6.07) is 6.79. The SMILES string of the molecule is COc1ccc(OCC(O)CNC(=O)c2nccnc2C(=O)O)cc1. The van der Waals surface area contributed by atoms with Crippen molar-refractivity contribution in [1.82, 2.24) is 15.3 Å². The standard InChI is InChI=1S/C16H17N3O6/c1-24-11-2-4-12(5-3-11)25-9-10(20)8-19-15(21)13-14(16(22)23)18-7-6-17-13/h2-7,10,20H,8-9H2,1H3,(H,19,21)(H,22,23). The molecular formula is C16H17N3O6. The van der Waals surface area contributed by atoms with Crippen LogP contribution in [0.2, 0.25) is 0 Å². The van der Waals surface area contributed by atoms with Crippen molar-refractivity contribution in [3.8, 4) is 11.5 Å². The van der Waals surface area contributed by atoms with E-state index < -0.39 is 23.7 Å². The predicted octanol–water partition coefficient (Wildman–Crippen LogP) is 0.353. The summed E-state index contributed by atoms with van der Waals surface area (Å²) in [4.78, 5) is 30.3. The van der Waals surface area contributed by atoms with E-state index >= 15 is 0 Å². The third-order valence-electron chi connectivity index (χ3n) is 3.12. The number of ether oxygens (including phenoxy) is 2. The first-order valence-electron chi connectivity index (χ1n) is 7.28. The Morgan fingerprint density at radius 2 is 1.72 bits per heavy atom. The van der Waals surface area contributed by atoms with Crippen LogP contribution < -0.4 is 14.8 Å². The van der Waals surface area contributed by atoms with Crippen LogP contribution in [-0.2, 0) is 0 Å². The zero-order valence-electron chi connectivity index (χ0n) is 13.4. The number of carbonyl (C=O) groups is 2. The highest BCUT2D eigenvalue weighted by Gasteiger charge is 2.19. The van der Waals surface area contributed by atoms with E-state index in [1.54, 1.807) is 31.4 Å². The summed E-state index contributed by atoms with van der Waals surface area (Å²) in [7, 11) is 1.55. The molecule has 9 nitrogen and oxygen atoms in total. The van der Waals surface area contributed by atoms with Gasteiger partial charge < -0.3 is 25.0 Å². The van der Waals surface area contributed by atoms with Gasteiger partial charge in [0, 0.05) is 18.9 Å². The fraction of sp³-hybridized carbons (Fsp3) is 0.250. The number of hydrogen-bond donors (Lipinski definition) is 3. The molecule has 132 valence electrons. The average molecular weight is 347 g/mol. The molecule has 1 heterocycles. The van der Waals surface area contributed by atoms with Crippen molar-refractivity contribution in [3.63, 3.8) is 0 Å². The van der Waals surface area contributed by atoms with Crippen LogP contribution in [0, 0.1) is 0 Å². The Labute approximate surface area is 143 Å². The first kappa shape index (κ1) is 18.1. The second kappa shape index (κ2) is 8.60. The highest BCUT2D eigenvalue weighted by atomic mass is 16.5. The van der Waals surface area contributed by atoms with Crippen LogP contribution in [-0.4, -0.2) is 58.4 Å². The Morgan fingerprint density at radius 1 is 1.12 bits per heavy atom. The van der Waals surface area contributed by atoms with Crippen LogP contribution in [0.1, 0.15) is 21.0 Å². The Hall–Kier alpha value is -3.20. The smallest absolute Gasteiger partial charge is 0.356 e. The topological polar surface area (TPSA) is 131 Å².